The molecule has 0 unspecified atom stereocenters. The monoisotopic (exact) mass is 359 g/mol. The van der Waals surface area contributed by atoms with Gasteiger partial charge in [-0.3, -0.25) is 9.59 Å². The number of benzene rings is 2. The quantitative estimate of drug-likeness (QED) is 0.606. The maximum Gasteiger partial charge on any atom is 0.345 e. The number of ether oxygens (including phenoxy) is 2. The third-order valence-corrected chi connectivity index (χ3v) is 4.14. The van der Waals surface area contributed by atoms with E-state index in [0.29, 0.717) is 21.9 Å². The van der Waals surface area contributed by atoms with E-state index in [1.165, 1.54) is 0 Å². The Hall–Kier alpha value is -2.86. The van der Waals surface area contributed by atoms with E-state index in [1.54, 1.807) is 42.5 Å². The van der Waals surface area contributed by atoms with E-state index in [9.17, 15) is 14.4 Å². The molecule has 0 atom stereocenters. The van der Waals surface area contributed by atoms with Gasteiger partial charge in [0.1, 0.15) is 5.75 Å². The van der Waals surface area contributed by atoms with Crippen molar-refractivity contribution in [2.75, 3.05) is 13.3 Å². The van der Waals surface area contributed by atoms with Crippen molar-refractivity contribution < 1.29 is 23.9 Å². The summed E-state index contributed by atoms with van der Waals surface area (Å²) in [6.07, 6.45) is 0. The summed E-state index contributed by atoms with van der Waals surface area (Å²) in [7, 11) is 0. The van der Waals surface area contributed by atoms with Crippen LogP contribution in [0.1, 0.15) is 26.3 Å². The van der Waals surface area contributed by atoms with Crippen molar-refractivity contribution in [2.45, 2.75) is 6.92 Å². The summed E-state index contributed by atoms with van der Waals surface area (Å²) in [4.78, 5) is 36.9. The van der Waals surface area contributed by atoms with Crippen molar-refractivity contribution in [3.05, 3.63) is 64.2 Å². The molecule has 0 radical (unpaired) electrons. The van der Waals surface area contributed by atoms with Gasteiger partial charge in [-0.25, -0.2) is 9.69 Å². The van der Waals surface area contributed by atoms with Gasteiger partial charge in [0.15, 0.2) is 13.3 Å². The van der Waals surface area contributed by atoms with Crippen LogP contribution in [0.15, 0.2) is 42.5 Å². The number of esters is 1. The lowest BCUT2D eigenvalue weighted by Gasteiger charge is -2.14. The molecule has 1 aliphatic rings. The first-order chi connectivity index (χ1) is 12.0. The predicted octanol–water partition coefficient (Wildman–Crippen LogP) is 2.82. The summed E-state index contributed by atoms with van der Waals surface area (Å²) >= 11 is 5.91. The topological polar surface area (TPSA) is 72.9 Å². The number of nitrogens with zero attached hydrogens (tertiary/aromatic N) is 1. The number of hydrogen-bond donors (Lipinski definition) is 0. The lowest BCUT2D eigenvalue weighted by molar-refractivity contribution is -0.148. The molecule has 128 valence electrons. The van der Waals surface area contributed by atoms with Crippen LogP contribution < -0.4 is 4.74 Å². The minimum absolute atomic E-state index is 0.302. The lowest BCUT2D eigenvalue weighted by Crippen LogP contribution is -2.34. The van der Waals surface area contributed by atoms with Gasteiger partial charge in [-0.1, -0.05) is 23.7 Å². The summed E-state index contributed by atoms with van der Waals surface area (Å²) < 4.78 is 10.3. The summed E-state index contributed by atoms with van der Waals surface area (Å²) in [5, 5.41) is 0.598. The van der Waals surface area contributed by atoms with Crippen LogP contribution in [0.2, 0.25) is 5.02 Å². The first kappa shape index (κ1) is 17.0. The zero-order valence-electron chi connectivity index (χ0n) is 13.3. The molecule has 0 N–H and O–H groups in total. The Morgan fingerprint density at radius 3 is 2.32 bits per heavy atom. The van der Waals surface area contributed by atoms with Gasteiger partial charge in [-0.15, -0.1) is 0 Å². The van der Waals surface area contributed by atoms with E-state index in [2.05, 4.69) is 0 Å². The highest BCUT2D eigenvalue weighted by atomic mass is 35.5. The summed E-state index contributed by atoms with van der Waals surface area (Å²) in [6.45, 7) is 1.02. The number of fused-ring (bicyclic) bond motifs is 1. The Morgan fingerprint density at radius 2 is 1.72 bits per heavy atom. The molecule has 2 aromatic carbocycles. The summed E-state index contributed by atoms with van der Waals surface area (Å²) in [5.74, 6) is -1.19. The standard InChI is InChI=1S/C18H14ClNO5/c1-11-8-12(6-7-15(11)19)24-9-16(21)25-10-20-17(22)13-4-2-3-5-14(13)18(20)23/h2-8H,9-10H2,1H3. The van der Waals surface area contributed by atoms with Crippen LogP contribution in [0.25, 0.3) is 0 Å². The molecular formula is C18H14ClNO5. The molecule has 3 rings (SSSR count). The normalized spacial score (nSPS) is 13.0. The van der Waals surface area contributed by atoms with Crippen LogP contribution in [-0.4, -0.2) is 36.0 Å². The maximum atomic E-state index is 12.1. The van der Waals surface area contributed by atoms with Crippen molar-refractivity contribution in [3.8, 4) is 5.75 Å². The third-order valence-electron chi connectivity index (χ3n) is 3.72. The molecule has 0 spiro atoms. The fourth-order valence-corrected chi connectivity index (χ4v) is 2.50. The van der Waals surface area contributed by atoms with Crippen LogP contribution in [0.3, 0.4) is 0 Å². The number of rotatable bonds is 5. The second-order valence-corrected chi connectivity index (χ2v) is 5.84. The maximum absolute atomic E-state index is 12.1. The second-order valence-electron chi connectivity index (χ2n) is 5.43. The Balaban J connectivity index is 1.54. The first-order valence-corrected chi connectivity index (χ1v) is 7.85. The van der Waals surface area contributed by atoms with Crippen LogP contribution in [-0.2, 0) is 9.53 Å². The van der Waals surface area contributed by atoms with E-state index >= 15 is 0 Å². The smallest absolute Gasteiger partial charge is 0.345 e. The molecule has 1 aliphatic heterocycles. The van der Waals surface area contributed by atoms with Crippen molar-refractivity contribution in [2.24, 2.45) is 0 Å². The van der Waals surface area contributed by atoms with E-state index in [1.807, 2.05) is 6.92 Å². The highest BCUT2D eigenvalue weighted by Gasteiger charge is 2.35. The van der Waals surface area contributed by atoms with Crippen LogP contribution in [0.5, 0.6) is 5.75 Å². The molecule has 6 nitrogen and oxygen atoms in total. The molecule has 2 aromatic rings. The highest BCUT2D eigenvalue weighted by molar-refractivity contribution is 6.31. The average Bonchev–Trinajstić information content (AvgIpc) is 2.85. The number of imide groups is 1. The van der Waals surface area contributed by atoms with Crippen molar-refractivity contribution in [3.63, 3.8) is 0 Å². The molecule has 0 bridgehead atoms. The predicted molar refractivity (Wildman–Crippen MR) is 89.6 cm³/mol. The fraction of sp³-hybridized carbons (Fsp3) is 0.167. The molecule has 1 heterocycles. The Morgan fingerprint density at radius 1 is 1.08 bits per heavy atom. The highest BCUT2D eigenvalue weighted by Crippen LogP contribution is 2.22. The van der Waals surface area contributed by atoms with E-state index < -0.39 is 24.5 Å². The lowest BCUT2D eigenvalue weighted by atomic mass is 10.1. The van der Waals surface area contributed by atoms with Gasteiger partial charge >= 0.3 is 5.97 Å². The zero-order chi connectivity index (χ0) is 18.0. The van der Waals surface area contributed by atoms with Gasteiger partial charge < -0.3 is 9.47 Å². The van der Waals surface area contributed by atoms with E-state index in [4.69, 9.17) is 21.1 Å². The van der Waals surface area contributed by atoms with Crippen LogP contribution in [0, 0.1) is 6.92 Å². The second kappa shape index (κ2) is 6.94. The summed E-state index contributed by atoms with van der Waals surface area (Å²) in [5.41, 5.74) is 1.42. The van der Waals surface area contributed by atoms with Gasteiger partial charge in [0.2, 0.25) is 0 Å². The molecule has 0 saturated carbocycles. The number of aryl methyl sites for hydroxylation is 1. The summed E-state index contributed by atoms with van der Waals surface area (Å²) in [6, 6.07) is 11.4. The van der Waals surface area contributed by atoms with Gasteiger partial charge in [0.05, 0.1) is 11.1 Å². The van der Waals surface area contributed by atoms with Gasteiger partial charge in [-0.05, 0) is 42.8 Å². The molecule has 0 aromatic heterocycles. The van der Waals surface area contributed by atoms with Crippen molar-refractivity contribution >= 4 is 29.4 Å². The number of halogens is 1. The Labute approximate surface area is 148 Å². The Kier molecular flexibility index (Phi) is 4.72. The van der Waals surface area contributed by atoms with Crippen molar-refractivity contribution in [1.29, 1.82) is 0 Å². The zero-order valence-corrected chi connectivity index (χ0v) is 14.1. The molecule has 0 aliphatic carbocycles. The molecule has 25 heavy (non-hydrogen) atoms. The minimum Gasteiger partial charge on any atom is -0.482 e. The van der Waals surface area contributed by atoms with Gasteiger partial charge in [0.25, 0.3) is 11.8 Å². The van der Waals surface area contributed by atoms with Crippen LogP contribution >= 0.6 is 11.6 Å². The SMILES string of the molecule is Cc1cc(OCC(=O)OCN2C(=O)c3ccccc3C2=O)ccc1Cl. The molecule has 2 amide bonds. The number of amides is 2. The fourth-order valence-electron chi connectivity index (χ4n) is 2.38. The van der Waals surface area contributed by atoms with Gasteiger partial charge in [-0.2, -0.15) is 0 Å². The number of carbonyl (C=O) groups excluding carboxylic acids is 3. The Bertz CT molecular complexity index is 829. The number of hydrogen-bond acceptors (Lipinski definition) is 5. The van der Waals surface area contributed by atoms with Crippen LogP contribution in [0.4, 0.5) is 0 Å². The van der Waals surface area contributed by atoms with E-state index in [0.717, 1.165) is 10.5 Å². The third kappa shape index (κ3) is 3.49. The minimum atomic E-state index is -0.691. The van der Waals surface area contributed by atoms with E-state index in [-0.39, 0.29) is 6.61 Å². The van der Waals surface area contributed by atoms with Gasteiger partial charge in [0, 0.05) is 5.02 Å². The largest absolute Gasteiger partial charge is 0.482 e. The average molecular weight is 360 g/mol. The molecule has 0 saturated heterocycles. The number of carbonyl (C=O) groups is 3. The molecule has 7 heteroatoms. The first-order valence-electron chi connectivity index (χ1n) is 7.47. The molecule has 0 fully saturated rings. The van der Waals surface area contributed by atoms with Crippen molar-refractivity contribution in [1.82, 2.24) is 4.90 Å². The molecular weight excluding hydrogens is 346 g/mol.